The van der Waals surface area contributed by atoms with Gasteiger partial charge in [-0.3, -0.25) is 9.88 Å². The van der Waals surface area contributed by atoms with Gasteiger partial charge in [-0.25, -0.2) is 0 Å². The van der Waals surface area contributed by atoms with Crippen LogP contribution in [0.15, 0.2) is 18.3 Å². The van der Waals surface area contributed by atoms with E-state index >= 15 is 0 Å². The molecule has 3 nitrogen and oxygen atoms in total. The Balaban J connectivity index is 1.92. The van der Waals surface area contributed by atoms with Gasteiger partial charge in [0.15, 0.2) is 0 Å². The molecule has 88 valence electrons. The van der Waals surface area contributed by atoms with Crippen LogP contribution in [0.4, 0.5) is 0 Å². The molecule has 0 aliphatic heterocycles. The topological polar surface area (TPSA) is 42.1 Å². The van der Waals surface area contributed by atoms with Crippen molar-refractivity contribution < 1.29 is 0 Å². The van der Waals surface area contributed by atoms with Crippen molar-refractivity contribution in [3.63, 3.8) is 0 Å². The van der Waals surface area contributed by atoms with Gasteiger partial charge in [-0.2, -0.15) is 0 Å². The number of hydrogen-bond acceptors (Lipinski definition) is 3. The Labute approximate surface area is 97.7 Å². The van der Waals surface area contributed by atoms with Gasteiger partial charge in [0, 0.05) is 25.3 Å². The first-order valence-electron chi connectivity index (χ1n) is 6.13. The van der Waals surface area contributed by atoms with E-state index in [-0.39, 0.29) is 0 Å². The molecule has 1 heterocycles. The third-order valence-corrected chi connectivity index (χ3v) is 3.48. The highest BCUT2D eigenvalue weighted by Gasteiger charge is 2.19. The Morgan fingerprint density at radius 3 is 2.69 bits per heavy atom. The van der Waals surface area contributed by atoms with Gasteiger partial charge in [0.1, 0.15) is 0 Å². The first-order valence-corrected chi connectivity index (χ1v) is 6.13. The number of rotatable bonds is 4. The summed E-state index contributed by atoms with van der Waals surface area (Å²) in [6.45, 7) is 1.53. The largest absolute Gasteiger partial charge is 0.326 e. The van der Waals surface area contributed by atoms with Gasteiger partial charge in [0.25, 0.3) is 0 Å². The summed E-state index contributed by atoms with van der Waals surface area (Å²) in [6.07, 6.45) is 7.34. The van der Waals surface area contributed by atoms with Crippen LogP contribution in [-0.4, -0.2) is 23.0 Å². The summed E-state index contributed by atoms with van der Waals surface area (Å²) in [5.74, 6) is 0. The van der Waals surface area contributed by atoms with E-state index in [1.807, 2.05) is 6.20 Å². The molecule has 0 unspecified atom stereocenters. The maximum atomic E-state index is 5.55. The molecule has 3 heteroatoms. The minimum Gasteiger partial charge on any atom is -0.326 e. The lowest BCUT2D eigenvalue weighted by atomic mass is 10.2. The van der Waals surface area contributed by atoms with Crippen LogP contribution in [0.2, 0.25) is 0 Å². The summed E-state index contributed by atoms with van der Waals surface area (Å²) in [5.41, 5.74) is 7.80. The summed E-state index contributed by atoms with van der Waals surface area (Å²) in [6, 6.07) is 4.93. The quantitative estimate of drug-likeness (QED) is 0.841. The van der Waals surface area contributed by atoms with Crippen LogP contribution in [-0.2, 0) is 13.1 Å². The Morgan fingerprint density at radius 1 is 1.38 bits per heavy atom. The molecular formula is C13H21N3. The SMILES string of the molecule is CN(Cc1ccc(CN)cn1)C1CCCC1. The lowest BCUT2D eigenvalue weighted by Crippen LogP contribution is -2.28. The molecule has 1 aromatic heterocycles. The van der Waals surface area contributed by atoms with Crippen LogP contribution in [0, 0.1) is 0 Å². The Bertz CT molecular complexity index is 314. The zero-order valence-corrected chi connectivity index (χ0v) is 10.0. The highest BCUT2D eigenvalue weighted by molar-refractivity contribution is 5.13. The third-order valence-electron chi connectivity index (χ3n) is 3.48. The first-order chi connectivity index (χ1) is 7.79. The van der Waals surface area contributed by atoms with Crippen LogP contribution >= 0.6 is 0 Å². The molecule has 1 aliphatic rings. The maximum absolute atomic E-state index is 5.55. The van der Waals surface area contributed by atoms with E-state index in [2.05, 4.69) is 29.1 Å². The summed E-state index contributed by atoms with van der Waals surface area (Å²) in [5, 5.41) is 0. The van der Waals surface area contributed by atoms with E-state index in [1.54, 1.807) is 0 Å². The molecule has 0 spiro atoms. The predicted molar refractivity (Wildman–Crippen MR) is 65.9 cm³/mol. The van der Waals surface area contributed by atoms with E-state index in [4.69, 9.17) is 5.73 Å². The molecule has 1 saturated carbocycles. The fourth-order valence-electron chi connectivity index (χ4n) is 2.40. The summed E-state index contributed by atoms with van der Waals surface area (Å²) in [7, 11) is 2.20. The second kappa shape index (κ2) is 5.41. The van der Waals surface area contributed by atoms with Crippen molar-refractivity contribution in [3.8, 4) is 0 Å². The zero-order chi connectivity index (χ0) is 11.4. The minimum absolute atomic E-state index is 0.575. The van der Waals surface area contributed by atoms with Gasteiger partial charge in [-0.1, -0.05) is 18.9 Å². The van der Waals surface area contributed by atoms with Crippen molar-refractivity contribution in [2.75, 3.05) is 7.05 Å². The molecule has 1 fully saturated rings. The van der Waals surface area contributed by atoms with E-state index < -0.39 is 0 Å². The average Bonchev–Trinajstić information content (AvgIpc) is 2.83. The Kier molecular flexibility index (Phi) is 3.91. The van der Waals surface area contributed by atoms with Crippen LogP contribution < -0.4 is 5.73 Å². The second-order valence-electron chi connectivity index (χ2n) is 4.72. The van der Waals surface area contributed by atoms with Crippen LogP contribution in [0.1, 0.15) is 36.9 Å². The Hall–Kier alpha value is -0.930. The lowest BCUT2D eigenvalue weighted by molar-refractivity contribution is 0.235. The van der Waals surface area contributed by atoms with Crippen molar-refractivity contribution in [1.29, 1.82) is 0 Å². The monoisotopic (exact) mass is 219 g/mol. The van der Waals surface area contributed by atoms with Gasteiger partial charge >= 0.3 is 0 Å². The van der Waals surface area contributed by atoms with Gasteiger partial charge < -0.3 is 5.73 Å². The number of aromatic nitrogens is 1. The predicted octanol–water partition coefficient (Wildman–Crippen LogP) is 1.91. The molecular weight excluding hydrogens is 198 g/mol. The van der Waals surface area contributed by atoms with Gasteiger partial charge in [0.05, 0.1) is 5.69 Å². The smallest absolute Gasteiger partial charge is 0.0544 e. The Morgan fingerprint density at radius 2 is 2.12 bits per heavy atom. The van der Waals surface area contributed by atoms with Crippen molar-refractivity contribution in [2.24, 2.45) is 5.73 Å². The average molecular weight is 219 g/mol. The highest BCUT2D eigenvalue weighted by Crippen LogP contribution is 2.23. The lowest BCUT2D eigenvalue weighted by Gasteiger charge is -2.23. The molecule has 0 atom stereocenters. The fourth-order valence-corrected chi connectivity index (χ4v) is 2.40. The minimum atomic E-state index is 0.575. The van der Waals surface area contributed by atoms with E-state index in [9.17, 15) is 0 Å². The fraction of sp³-hybridized carbons (Fsp3) is 0.615. The van der Waals surface area contributed by atoms with Gasteiger partial charge in [-0.05, 0) is 31.5 Å². The van der Waals surface area contributed by atoms with E-state index in [1.165, 1.54) is 25.7 Å². The molecule has 1 aliphatic carbocycles. The molecule has 0 saturated heterocycles. The molecule has 0 radical (unpaired) electrons. The third kappa shape index (κ3) is 2.80. The number of nitrogens with zero attached hydrogens (tertiary/aromatic N) is 2. The molecule has 16 heavy (non-hydrogen) atoms. The number of pyridine rings is 1. The molecule has 0 bridgehead atoms. The highest BCUT2D eigenvalue weighted by atomic mass is 15.1. The van der Waals surface area contributed by atoms with Crippen LogP contribution in [0.25, 0.3) is 0 Å². The molecule has 2 rings (SSSR count). The number of hydrogen-bond donors (Lipinski definition) is 1. The zero-order valence-electron chi connectivity index (χ0n) is 10.0. The normalized spacial score (nSPS) is 17.2. The molecule has 2 N–H and O–H groups in total. The standard InChI is InChI=1S/C13H21N3/c1-16(13-4-2-3-5-13)10-12-7-6-11(8-14)9-15-12/h6-7,9,13H,2-5,8,10,14H2,1H3. The summed E-state index contributed by atoms with van der Waals surface area (Å²) >= 11 is 0. The summed E-state index contributed by atoms with van der Waals surface area (Å²) in [4.78, 5) is 6.87. The van der Waals surface area contributed by atoms with E-state index in [0.29, 0.717) is 6.54 Å². The van der Waals surface area contributed by atoms with Crippen LogP contribution in [0.5, 0.6) is 0 Å². The maximum Gasteiger partial charge on any atom is 0.0544 e. The van der Waals surface area contributed by atoms with Crippen molar-refractivity contribution in [2.45, 2.75) is 44.8 Å². The molecule has 1 aromatic rings. The van der Waals surface area contributed by atoms with Gasteiger partial charge in [0.2, 0.25) is 0 Å². The van der Waals surface area contributed by atoms with E-state index in [0.717, 1.165) is 23.8 Å². The first kappa shape index (κ1) is 11.6. The van der Waals surface area contributed by atoms with Gasteiger partial charge in [-0.15, -0.1) is 0 Å². The number of nitrogens with two attached hydrogens (primary N) is 1. The van der Waals surface area contributed by atoms with Crippen LogP contribution in [0.3, 0.4) is 0 Å². The van der Waals surface area contributed by atoms with Crippen molar-refractivity contribution in [1.82, 2.24) is 9.88 Å². The molecule has 0 aromatic carbocycles. The van der Waals surface area contributed by atoms with Crippen molar-refractivity contribution >= 4 is 0 Å². The summed E-state index contributed by atoms with van der Waals surface area (Å²) < 4.78 is 0. The second-order valence-corrected chi connectivity index (χ2v) is 4.72. The van der Waals surface area contributed by atoms with Crippen molar-refractivity contribution in [3.05, 3.63) is 29.6 Å². The molecule has 0 amide bonds.